The molecule has 1 fully saturated rings. The summed E-state index contributed by atoms with van der Waals surface area (Å²) in [6.45, 7) is 0. The number of rotatable bonds is 2. The fourth-order valence-electron chi connectivity index (χ4n) is 1.63. The van der Waals surface area contributed by atoms with Crippen LogP contribution in [0.1, 0.15) is 25.7 Å². The first-order valence-electron chi connectivity index (χ1n) is 4.69. The number of nitrogens with one attached hydrogen (secondary N) is 2. The number of hydrogen-bond acceptors (Lipinski definition) is 4. The Bertz CT molecular complexity index is 294. The standard InChI is InChI=1S/C8H12N4OS/c13-8(10-6-3-1-2-4-6)11-7-5-9-12-14-7/h5-6H,1-4H2,(H2,10,11,13). The third kappa shape index (κ3) is 2.41. The zero-order valence-electron chi connectivity index (χ0n) is 7.69. The van der Waals surface area contributed by atoms with Gasteiger partial charge in [-0.3, -0.25) is 5.32 Å². The maximum Gasteiger partial charge on any atom is 0.320 e. The van der Waals surface area contributed by atoms with Gasteiger partial charge in [0.05, 0.1) is 6.20 Å². The Morgan fingerprint density at radius 2 is 2.29 bits per heavy atom. The van der Waals surface area contributed by atoms with Crippen LogP contribution in [-0.2, 0) is 0 Å². The highest BCUT2D eigenvalue weighted by Gasteiger charge is 2.17. The van der Waals surface area contributed by atoms with Crippen LogP contribution >= 0.6 is 11.5 Å². The second-order valence-electron chi connectivity index (χ2n) is 3.36. The third-order valence-electron chi connectivity index (χ3n) is 2.29. The van der Waals surface area contributed by atoms with Crippen molar-refractivity contribution in [3.05, 3.63) is 6.20 Å². The van der Waals surface area contributed by atoms with E-state index in [1.54, 1.807) is 6.20 Å². The molecule has 1 saturated carbocycles. The van der Waals surface area contributed by atoms with Gasteiger partial charge in [0.2, 0.25) is 0 Å². The van der Waals surface area contributed by atoms with Crippen LogP contribution in [0, 0.1) is 0 Å². The Labute approximate surface area is 86.1 Å². The van der Waals surface area contributed by atoms with Gasteiger partial charge in [-0.2, -0.15) is 0 Å². The van der Waals surface area contributed by atoms with E-state index in [1.165, 1.54) is 24.4 Å². The van der Waals surface area contributed by atoms with E-state index in [0.29, 0.717) is 11.0 Å². The largest absolute Gasteiger partial charge is 0.335 e. The van der Waals surface area contributed by atoms with Gasteiger partial charge in [-0.15, -0.1) is 5.10 Å². The van der Waals surface area contributed by atoms with Crippen LogP contribution in [0.2, 0.25) is 0 Å². The molecule has 2 amide bonds. The Hall–Kier alpha value is -1.17. The minimum absolute atomic E-state index is 0.150. The topological polar surface area (TPSA) is 66.9 Å². The number of anilines is 1. The second kappa shape index (κ2) is 4.36. The SMILES string of the molecule is O=C(Nc1cnns1)NC1CCCC1. The molecule has 6 heteroatoms. The smallest absolute Gasteiger partial charge is 0.320 e. The van der Waals surface area contributed by atoms with Crippen molar-refractivity contribution >= 4 is 22.6 Å². The predicted octanol–water partition coefficient (Wildman–Crippen LogP) is 1.60. The Balaban J connectivity index is 1.78. The number of carbonyl (C=O) groups is 1. The number of amides is 2. The number of hydrogen-bond donors (Lipinski definition) is 2. The summed E-state index contributed by atoms with van der Waals surface area (Å²) >= 11 is 1.18. The molecule has 0 aliphatic heterocycles. The van der Waals surface area contributed by atoms with Crippen LogP contribution in [0.5, 0.6) is 0 Å². The normalized spacial score (nSPS) is 16.9. The van der Waals surface area contributed by atoms with Crippen molar-refractivity contribution < 1.29 is 4.79 Å². The predicted molar refractivity (Wildman–Crippen MR) is 54.3 cm³/mol. The lowest BCUT2D eigenvalue weighted by Crippen LogP contribution is -2.35. The molecule has 0 radical (unpaired) electrons. The summed E-state index contributed by atoms with van der Waals surface area (Å²) in [7, 11) is 0. The molecule has 0 atom stereocenters. The van der Waals surface area contributed by atoms with Crippen molar-refractivity contribution in [2.45, 2.75) is 31.7 Å². The quantitative estimate of drug-likeness (QED) is 0.782. The molecule has 0 aromatic carbocycles. The Kier molecular flexibility index (Phi) is 2.93. The van der Waals surface area contributed by atoms with E-state index in [-0.39, 0.29) is 6.03 Å². The minimum Gasteiger partial charge on any atom is -0.335 e. The maximum atomic E-state index is 11.4. The van der Waals surface area contributed by atoms with Gasteiger partial charge in [-0.25, -0.2) is 4.79 Å². The van der Waals surface area contributed by atoms with Crippen LogP contribution in [0.4, 0.5) is 9.80 Å². The van der Waals surface area contributed by atoms with Crippen molar-refractivity contribution in [2.24, 2.45) is 0 Å². The lowest BCUT2D eigenvalue weighted by atomic mass is 10.3. The number of aromatic nitrogens is 2. The summed E-state index contributed by atoms with van der Waals surface area (Å²) in [6.07, 6.45) is 6.15. The van der Waals surface area contributed by atoms with E-state index in [1.807, 2.05) is 0 Å². The van der Waals surface area contributed by atoms with Crippen molar-refractivity contribution in [2.75, 3.05) is 5.32 Å². The molecular formula is C8H12N4OS. The minimum atomic E-state index is -0.150. The maximum absolute atomic E-state index is 11.4. The summed E-state index contributed by atoms with van der Waals surface area (Å²) in [5.41, 5.74) is 0. The number of carbonyl (C=O) groups excluding carboxylic acids is 1. The average molecular weight is 212 g/mol. The van der Waals surface area contributed by atoms with E-state index in [2.05, 4.69) is 20.2 Å². The van der Waals surface area contributed by atoms with Gasteiger partial charge >= 0.3 is 6.03 Å². The molecular weight excluding hydrogens is 200 g/mol. The monoisotopic (exact) mass is 212 g/mol. The molecule has 0 unspecified atom stereocenters. The molecule has 1 heterocycles. The van der Waals surface area contributed by atoms with Gasteiger partial charge in [-0.05, 0) is 12.8 Å². The summed E-state index contributed by atoms with van der Waals surface area (Å²) in [6, 6.07) is 0.193. The molecule has 0 saturated heterocycles. The lowest BCUT2D eigenvalue weighted by molar-refractivity contribution is 0.248. The zero-order valence-corrected chi connectivity index (χ0v) is 8.51. The number of urea groups is 1. The molecule has 2 rings (SSSR count). The van der Waals surface area contributed by atoms with Gasteiger partial charge in [0.25, 0.3) is 0 Å². The molecule has 76 valence electrons. The molecule has 0 bridgehead atoms. The van der Waals surface area contributed by atoms with E-state index in [9.17, 15) is 4.79 Å². The van der Waals surface area contributed by atoms with E-state index >= 15 is 0 Å². The van der Waals surface area contributed by atoms with E-state index in [0.717, 1.165) is 12.8 Å². The molecule has 2 N–H and O–H groups in total. The molecule has 5 nitrogen and oxygen atoms in total. The Morgan fingerprint density at radius 1 is 1.50 bits per heavy atom. The fraction of sp³-hybridized carbons (Fsp3) is 0.625. The molecule has 1 aromatic rings. The van der Waals surface area contributed by atoms with Gasteiger partial charge in [0, 0.05) is 17.6 Å². The summed E-state index contributed by atoms with van der Waals surface area (Å²) in [5.74, 6) is 0. The Morgan fingerprint density at radius 3 is 2.93 bits per heavy atom. The van der Waals surface area contributed by atoms with E-state index < -0.39 is 0 Å². The van der Waals surface area contributed by atoms with Crippen LogP contribution < -0.4 is 10.6 Å². The van der Waals surface area contributed by atoms with E-state index in [4.69, 9.17) is 0 Å². The summed E-state index contributed by atoms with van der Waals surface area (Å²) in [5, 5.41) is 9.92. The van der Waals surface area contributed by atoms with Crippen molar-refractivity contribution in [3.63, 3.8) is 0 Å². The number of nitrogens with zero attached hydrogens (tertiary/aromatic N) is 2. The van der Waals surface area contributed by atoms with Gasteiger partial charge < -0.3 is 5.32 Å². The lowest BCUT2D eigenvalue weighted by Gasteiger charge is -2.11. The van der Waals surface area contributed by atoms with Crippen LogP contribution in [0.15, 0.2) is 6.20 Å². The first kappa shape index (κ1) is 9.39. The molecule has 1 aliphatic rings. The summed E-state index contributed by atoms with van der Waals surface area (Å²) in [4.78, 5) is 11.4. The molecule has 1 aliphatic carbocycles. The fourth-order valence-corrected chi connectivity index (χ4v) is 2.04. The summed E-state index contributed by atoms with van der Waals surface area (Å²) < 4.78 is 3.66. The highest BCUT2D eigenvalue weighted by molar-refractivity contribution is 7.10. The van der Waals surface area contributed by atoms with Crippen LogP contribution in [-0.4, -0.2) is 21.7 Å². The zero-order chi connectivity index (χ0) is 9.80. The van der Waals surface area contributed by atoms with Gasteiger partial charge in [-0.1, -0.05) is 17.3 Å². The van der Waals surface area contributed by atoms with Crippen LogP contribution in [0.3, 0.4) is 0 Å². The van der Waals surface area contributed by atoms with Crippen molar-refractivity contribution in [3.8, 4) is 0 Å². The highest BCUT2D eigenvalue weighted by Crippen LogP contribution is 2.17. The average Bonchev–Trinajstić information content (AvgIpc) is 2.76. The van der Waals surface area contributed by atoms with Crippen LogP contribution in [0.25, 0.3) is 0 Å². The highest BCUT2D eigenvalue weighted by atomic mass is 32.1. The molecule has 0 spiro atoms. The first-order chi connectivity index (χ1) is 6.84. The second-order valence-corrected chi connectivity index (χ2v) is 4.15. The first-order valence-corrected chi connectivity index (χ1v) is 5.47. The van der Waals surface area contributed by atoms with Crippen molar-refractivity contribution in [1.29, 1.82) is 0 Å². The molecule has 14 heavy (non-hydrogen) atoms. The van der Waals surface area contributed by atoms with Gasteiger partial charge in [0.15, 0.2) is 0 Å². The van der Waals surface area contributed by atoms with Crippen molar-refractivity contribution in [1.82, 2.24) is 14.9 Å². The third-order valence-corrected chi connectivity index (χ3v) is 2.87. The van der Waals surface area contributed by atoms with Gasteiger partial charge in [0.1, 0.15) is 5.00 Å². The molecule has 1 aromatic heterocycles.